The summed E-state index contributed by atoms with van der Waals surface area (Å²) in [5.74, 6) is -0.249. The fourth-order valence-electron chi connectivity index (χ4n) is 1.48. The molecule has 0 spiro atoms. The first kappa shape index (κ1) is 15.7. The lowest BCUT2D eigenvalue weighted by molar-refractivity contribution is -0.143. The largest absolute Gasteiger partial charge is 0.434 e. The van der Waals surface area contributed by atoms with E-state index in [-0.39, 0.29) is 17.3 Å². The quantitative estimate of drug-likeness (QED) is 0.571. The van der Waals surface area contributed by atoms with Crippen molar-refractivity contribution in [2.75, 3.05) is 6.61 Å². The Hall–Kier alpha value is -0.393. The van der Waals surface area contributed by atoms with Crippen LogP contribution in [-0.4, -0.2) is 33.3 Å². The molecule has 1 aliphatic heterocycles. The predicted molar refractivity (Wildman–Crippen MR) is 72.8 cm³/mol. The molecule has 0 aliphatic carbocycles. The molecule has 0 bridgehead atoms. The normalized spacial score (nSPS) is 25.3. The smallest absolute Gasteiger partial charge is 0.337 e. The van der Waals surface area contributed by atoms with Crippen molar-refractivity contribution in [3.8, 4) is 0 Å². The standard InChI is InChI=1S/C13H26O4Si/c1-7-11-16-10(12(14)17-11)8-9-15-18(5,6)13(2,3)4/h10-11H,7-9H2,1-6H3/t10-,11-/m0/s1. The van der Waals surface area contributed by atoms with Gasteiger partial charge in [-0.05, 0) is 18.1 Å². The van der Waals surface area contributed by atoms with Gasteiger partial charge in [0, 0.05) is 19.4 Å². The highest BCUT2D eigenvalue weighted by Crippen LogP contribution is 2.36. The van der Waals surface area contributed by atoms with Crippen molar-refractivity contribution in [3.63, 3.8) is 0 Å². The number of cyclic esters (lactones) is 1. The van der Waals surface area contributed by atoms with E-state index in [2.05, 4.69) is 33.9 Å². The van der Waals surface area contributed by atoms with Gasteiger partial charge in [-0.15, -0.1) is 0 Å². The van der Waals surface area contributed by atoms with Crippen LogP contribution >= 0.6 is 0 Å². The molecule has 1 saturated heterocycles. The van der Waals surface area contributed by atoms with Crippen LogP contribution in [0.1, 0.15) is 40.5 Å². The average Bonchev–Trinajstić information content (AvgIpc) is 2.58. The molecule has 4 nitrogen and oxygen atoms in total. The predicted octanol–water partition coefficient (Wildman–Crippen LogP) is 3.08. The summed E-state index contributed by atoms with van der Waals surface area (Å²) >= 11 is 0. The monoisotopic (exact) mass is 274 g/mol. The van der Waals surface area contributed by atoms with Gasteiger partial charge < -0.3 is 13.9 Å². The number of hydrogen-bond donors (Lipinski definition) is 0. The number of ether oxygens (including phenoxy) is 2. The average molecular weight is 274 g/mol. The highest BCUT2D eigenvalue weighted by molar-refractivity contribution is 6.74. The Morgan fingerprint density at radius 1 is 1.33 bits per heavy atom. The molecule has 1 aliphatic rings. The summed E-state index contributed by atoms with van der Waals surface area (Å²) in [6, 6.07) is 0. The van der Waals surface area contributed by atoms with Gasteiger partial charge in [-0.25, -0.2) is 4.79 Å². The molecule has 1 rings (SSSR count). The topological polar surface area (TPSA) is 44.8 Å². The maximum atomic E-state index is 11.5. The van der Waals surface area contributed by atoms with E-state index in [9.17, 15) is 4.79 Å². The number of hydrogen-bond acceptors (Lipinski definition) is 4. The fourth-order valence-corrected chi connectivity index (χ4v) is 2.54. The van der Waals surface area contributed by atoms with E-state index in [1.165, 1.54) is 0 Å². The molecule has 0 aromatic heterocycles. The van der Waals surface area contributed by atoms with Crippen LogP contribution in [0, 0.1) is 0 Å². The first-order valence-electron chi connectivity index (χ1n) is 6.67. The van der Waals surface area contributed by atoms with Crippen LogP contribution in [-0.2, 0) is 18.7 Å². The Kier molecular flexibility index (Phi) is 4.97. The minimum Gasteiger partial charge on any atom is -0.434 e. The van der Waals surface area contributed by atoms with E-state index in [1.807, 2.05) is 6.92 Å². The van der Waals surface area contributed by atoms with E-state index in [0.717, 1.165) is 0 Å². The van der Waals surface area contributed by atoms with Crippen molar-refractivity contribution in [3.05, 3.63) is 0 Å². The maximum Gasteiger partial charge on any atom is 0.337 e. The molecule has 0 radical (unpaired) electrons. The van der Waals surface area contributed by atoms with Crippen LogP contribution in [0.15, 0.2) is 0 Å². The minimum absolute atomic E-state index is 0.190. The molecule has 0 aromatic carbocycles. The van der Waals surface area contributed by atoms with Crippen molar-refractivity contribution in [2.24, 2.45) is 0 Å². The lowest BCUT2D eigenvalue weighted by Crippen LogP contribution is -2.41. The lowest BCUT2D eigenvalue weighted by Gasteiger charge is -2.36. The van der Waals surface area contributed by atoms with Gasteiger partial charge in [0.05, 0.1) is 0 Å². The third-order valence-electron chi connectivity index (χ3n) is 3.81. The van der Waals surface area contributed by atoms with Crippen molar-refractivity contribution < 1.29 is 18.7 Å². The second-order valence-electron chi connectivity index (χ2n) is 6.30. The van der Waals surface area contributed by atoms with Crippen LogP contribution in [0.5, 0.6) is 0 Å². The Morgan fingerprint density at radius 2 is 1.94 bits per heavy atom. The third-order valence-corrected chi connectivity index (χ3v) is 8.35. The van der Waals surface area contributed by atoms with Crippen LogP contribution in [0.4, 0.5) is 0 Å². The lowest BCUT2D eigenvalue weighted by atomic mass is 10.2. The highest BCUT2D eigenvalue weighted by atomic mass is 28.4. The molecule has 0 N–H and O–H groups in total. The number of rotatable bonds is 5. The number of carbonyl (C=O) groups is 1. The van der Waals surface area contributed by atoms with Crippen LogP contribution in [0.3, 0.4) is 0 Å². The summed E-state index contributed by atoms with van der Waals surface area (Å²) in [6.45, 7) is 13.5. The van der Waals surface area contributed by atoms with Crippen LogP contribution in [0.25, 0.3) is 0 Å². The van der Waals surface area contributed by atoms with Gasteiger partial charge in [-0.3, -0.25) is 0 Å². The van der Waals surface area contributed by atoms with E-state index in [1.54, 1.807) is 0 Å². The van der Waals surface area contributed by atoms with Crippen LogP contribution < -0.4 is 0 Å². The summed E-state index contributed by atoms with van der Waals surface area (Å²) in [6.07, 6.45) is 0.475. The summed E-state index contributed by atoms with van der Waals surface area (Å²) in [5.41, 5.74) is 0. The molecule has 0 amide bonds. The molecular formula is C13H26O4Si. The highest BCUT2D eigenvalue weighted by Gasteiger charge is 2.38. The second kappa shape index (κ2) is 5.71. The zero-order valence-electron chi connectivity index (χ0n) is 12.4. The van der Waals surface area contributed by atoms with Gasteiger partial charge in [0.2, 0.25) is 6.29 Å². The summed E-state index contributed by atoms with van der Waals surface area (Å²) in [7, 11) is -1.73. The van der Waals surface area contributed by atoms with Crippen molar-refractivity contribution in [1.82, 2.24) is 0 Å². The molecule has 0 saturated carbocycles. The molecule has 2 atom stereocenters. The molecule has 0 aromatic rings. The molecule has 0 unspecified atom stereocenters. The molecular weight excluding hydrogens is 248 g/mol. The number of esters is 1. The van der Waals surface area contributed by atoms with Gasteiger partial charge in [0.15, 0.2) is 14.4 Å². The van der Waals surface area contributed by atoms with Crippen molar-refractivity contribution in [2.45, 2.75) is 71.1 Å². The number of carbonyl (C=O) groups excluding carboxylic acids is 1. The van der Waals surface area contributed by atoms with Gasteiger partial charge in [-0.1, -0.05) is 27.7 Å². The first-order valence-corrected chi connectivity index (χ1v) is 9.58. The molecule has 1 fully saturated rings. The zero-order chi connectivity index (χ0) is 14.0. The van der Waals surface area contributed by atoms with Gasteiger partial charge in [0.25, 0.3) is 0 Å². The Morgan fingerprint density at radius 3 is 2.39 bits per heavy atom. The molecule has 106 valence electrons. The second-order valence-corrected chi connectivity index (χ2v) is 11.1. The van der Waals surface area contributed by atoms with E-state index < -0.39 is 14.4 Å². The maximum absolute atomic E-state index is 11.5. The molecule has 1 heterocycles. The van der Waals surface area contributed by atoms with Crippen molar-refractivity contribution in [1.29, 1.82) is 0 Å². The first-order chi connectivity index (χ1) is 8.17. The van der Waals surface area contributed by atoms with E-state index >= 15 is 0 Å². The fraction of sp³-hybridized carbons (Fsp3) is 0.923. The Bertz CT molecular complexity index is 296. The third kappa shape index (κ3) is 3.80. The van der Waals surface area contributed by atoms with Gasteiger partial charge >= 0.3 is 5.97 Å². The summed E-state index contributed by atoms with van der Waals surface area (Å²) < 4.78 is 16.6. The van der Waals surface area contributed by atoms with Gasteiger partial charge in [0.1, 0.15) is 0 Å². The Labute approximate surface area is 111 Å². The van der Waals surface area contributed by atoms with Crippen LogP contribution in [0.2, 0.25) is 18.1 Å². The molecule has 18 heavy (non-hydrogen) atoms. The summed E-state index contributed by atoms with van der Waals surface area (Å²) in [5, 5.41) is 0.190. The van der Waals surface area contributed by atoms with E-state index in [4.69, 9.17) is 13.9 Å². The van der Waals surface area contributed by atoms with Gasteiger partial charge in [-0.2, -0.15) is 0 Å². The minimum atomic E-state index is -1.73. The van der Waals surface area contributed by atoms with E-state index in [0.29, 0.717) is 19.4 Å². The Balaban J connectivity index is 2.37. The zero-order valence-corrected chi connectivity index (χ0v) is 13.4. The summed E-state index contributed by atoms with van der Waals surface area (Å²) in [4.78, 5) is 11.5. The molecule has 5 heteroatoms. The van der Waals surface area contributed by atoms with Crippen molar-refractivity contribution >= 4 is 14.3 Å². The SMILES string of the molecule is CC[C@@H]1OC(=O)[C@H](CCO[Si](C)(C)C(C)(C)C)O1.